The van der Waals surface area contributed by atoms with Gasteiger partial charge in [0.15, 0.2) is 11.8 Å². The van der Waals surface area contributed by atoms with E-state index < -0.39 is 0 Å². The highest BCUT2D eigenvalue weighted by Gasteiger charge is 2.34. The molecule has 2 amide bonds. The molecule has 2 aromatic heterocycles. The van der Waals surface area contributed by atoms with Gasteiger partial charge in [-0.05, 0) is 23.1 Å². The van der Waals surface area contributed by atoms with E-state index in [2.05, 4.69) is 68.4 Å². The minimum atomic E-state index is -0.329. The van der Waals surface area contributed by atoms with Crippen LogP contribution in [-0.2, 0) is 6.42 Å². The number of H-pyrrole nitrogens is 2. The van der Waals surface area contributed by atoms with E-state index in [0.717, 1.165) is 28.7 Å². The number of carbonyl (C=O) groups is 2. The molecule has 2 aliphatic heterocycles. The molecular weight excluding hydrogens is 781 g/mol. The van der Waals surface area contributed by atoms with Gasteiger partial charge < -0.3 is 20.2 Å². The monoisotopic (exact) mass is 857 g/mol. The summed E-state index contributed by atoms with van der Waals surface area (Å²) in [6.45, 7) is 30.8. The number of fused-ring (bicyclic) bond motifs is 2. The molecule has 2 aliphatic rings. The first-order valence-electron chi connectivity index (χ1n) is 23.1. The molecule has 0 unspecified atom stereocenters. The Morgan fingerprint density at radius 2 is 0.667 bits per heavy atom. The zero-order valence-electron chi connectivity index (χ0n) is 40.9. The molecule has 63 heavy (non-hydrogen) atoms. The average Bonchev–Trinajstić information content (AvgIpc) is 4.09. The van der Waals surface area contributed by atoms with Crippen molar-refractivity contribution in [3.8, 4) is 34.3 Å². The van der Waals surface area contributed by atoms with Gasteiger partial charge in [0, 0.05) is 11.1 Å². The van der Waals surface area contributed by atoms with Crippen molar-refractivity contribution in [2.75, 3.05) is 0 Å². The van der Waals surface area contributed by atoms with E-state index in [0.29, 0.717) is 45.1 Å². The lowest BCUT2D eigenvalue weighted by Crippen LogP contribution is -2.00. The Balaban J connectivity index is 0.000000910. The smallest absolute Gasteiger partial charge is 0.280 e. The second kappa shape index (κ2) is 32.4. The zero-order chi connectivity index (χ0) is 47.9. The number of nitrogens with one attached hydrogen (secondary N) is 2. The van der Waals surface area contributed by atoms with Gasteiger partial charge in [-0.3, -0.25) is 9.59 Å². The lowest BCUT2D eigenvalue weighted by Gasteiger charge is -2.03. The zero-order valence-corrected chi connectivity index (χ0v) is 40.9. The summed E-state index contributed by atoms with van der Waals surface area (Å²) in [4.78, 5) is 39.0. The Bertz CT molecular complexity index is 2210. The molecule has 0 aliphatic carbocycles. The fourth-order valence-electron chi connectivity index (χ4n) is 5.84. The first kappa shape index (κ1) is 56.7. The van der Waals surface area contributed by atoms with Crippen LogP contribution < -0.4 is 0 Å². The molecule has 0 spiro atoms. The van der Waals surface area contributed by atoms with E-state index in [1.165, 1.54) is 24.8 Å². The van der Waals surface area contributed by atoms with Crippen LogP contribution in [-0.4, -0.2) is 43.4 Å². The molecule has 0 saturated carbocycles. The molecule has 0 bridgehead atoms. The number of hydrogen-bond donors (Lipinski definition) is 4. The van der Waals surface area contributed by atoms with E-state index in [4.69, 9.17) is 0 Å². The maximum atomic E-state index is 12.5. The van der Waals surface area contributed by atoms with Gasteiger partial charge in [-0.2, -0.15) is 0 Å². The van der Waals surface area contributed by atoms with Crippen LogP contribution in [0.15, 0.2) is 125 Å². The van der Waals surface area contributed by atoms with Gasteiger partial charge in [-0.1, -0.05) is 238 Å². The number of aromatic amines is 2. The predicted octanol–water partition coefficient (Wildman–Crippen LogP) is 15.7. The number of rotatable bonds is 5. The highest BCUT2D eigenvalue weighted by Crippen LogP contribution is 2.39. The van der Waals surface area contributed by atoms with Crippen molar-refractivity contribution in [3.05, 3.63) is 154 Å². The molecule has 0 radical (unpaired) electrons. The summed E-state index contributed by atoms with van der Waals surface area (Å²) in [7, 11) is 0. The van der Waals surface area contributed by atoms with Gasteiger partial charge >= 0.3 is 0 Å². The lowest BCUT2D eigenvalue weighted by molar-refractivity contribution is 0.0998. The molecule has 4 N–H and O–H groups in total. The summed E-state index contributed by atoms with van der Waals surface area (Å²) in [5.74, 6) is -0.699. The Hall–Kier alpha value is -6.28. The van der Waals surface area contributed by atoms with E-state index in [1.807, 2.05) is 171 Å². The van der Waals surface area contributed by atoms with Gasteiger partial charge in [0.1, 0.15) is 0 Å². The SMILES string of the molecule is CC.CC.CC.CC.CCC.CCC.CCC.CCc1ccc(C2=NC(=O)c3c(-c4ccccc4)[nH]c(O)c32)cc1.O=C1N=C(c2ccccc2)c2c(O)[nH]c(-c3ccccc3)c21. The van der Waals surface area contributed by atoms with Crippen molar-refractivity contribution >= 4 is 23.2 Å². The third-order valence-corrected chi connectivity index (χ3v) is 8.10. The summed E-state index contributed by atoms with van der Waals surface area (Å²) < 4.78 is 0. The third-order valence-electron chi connectivity index (χ3n) is 8.10. The Kier molecular flexibility index (Phi) is 29.2. The number of aryl methyl sites for hydroxylation is 1. The van der Waals surface area contributed by atoms with E-state index in [9.17, 15) is 19.8 Å². The van der Waals surface area contributed by atoms with Crippen LogP contribution in [0.2, 0.25) is 0 Å². The summed E-state index contributed by atoms with van der Waals surface area (Å²) in [5.41, 5.74) is 8.63. The standard InChI is InChI=1S/C20H16N2O2.C18H12N2O2.3C3H8.4C2H6/c1-2-12-8-10-14(11-9-12)18-16-15(19(23)22-18)17(21-20(16)24)13-6-4-3-5-7-13;21-17-13-14(16(20-17)12-9-5-2-6-10-12)18(22)19-15(13)11-7-3-1-4-8-11;3*1-3-2;4*1-2/h3-11,21,24H,2H2,1H3;1-10,19,22H;3*3H2,1-2H3;4*1-2H3. The van der Waals surface area contributed by atoms with Crippen molar-refractivity contribution in [2.45, 2.75) is 130 Å². The number of benzene rings is 4. The quantitative estimate of drug-likeness (QED) is 0.137. The minimum absolute atomic E-state index is 0.0204. The van der Waals surface area contributed by atoms with Crippen LogP contribution >= 0.6 is 0 Å². The summed E-state index contributed by atoms with van der Waals surface area (Å²) in [5, 5.41) is 20.6. The predicted molar refractivity (Wildman–Crippen MR) is 271 cm³/mol. The number of aromatic hydroxyl groups is 2. The van der Waals surface area contributed by atoms with Crippen molar-refractivity contribution in [2.24, 2.45) is 9.98 Å². The largest absolute Gasteiger partial charge is 0.494 e. The number of carbonyl (C=O) groups excluding carboxylic acids is 2. The highest BCUT2D eigenvalue weighted by molar-refractivity contribution is 6.31. The number of aliphatic imine (C=N–C) groups is 2. The maximum absolute atomic E-state index is 12.5. The van der Waals surface area contributed by atoms with Crippen LogP contribution in [0, 0.1) is 0 Å². The normalized spacial score (nSPS) is 10.8. The second-order valence-electron chi connectivity index (χ2n) is 13.0. The summed E-state index contributed by atoms with van der Waals surface area (Å²) >= 11 is 0. The van der Waals surface area contributed by atoms with E-state index in [-0.39, 0.29) is 23.6 Å². The van der Waals surface area contributed by atoms with Gasteiger partial charge in [-0.25, -0.2) is 9.98 Å². The first-order valence-corrected chi connectivity index (χ1v) is 23.1. The fourth-order valence-corrected chi connectivity index (χ4v) is 5.84. The van der Waals surface area contributed by atoms with Crippen LogP contribution in [0.4, 0.5) is 0 Å². The van der Waals surface area contributed by atoms with Crippen LogP contribution in [0.1, 0.15) is 172 Å². The van der Waals surface area contributed by atoms with Crippen molar-refractivity contribution in [1.82, 2.24) is 9.97 Å². The van der Waals surface area contributed by atoms with Crippen molar-refractivity contribution in [3.63, 3.8) is 0 Å². The van der Waals surface area contributed by atoms with Crippen molar-refractivity contribution < 1.29 is 19.8 Å². The number of aromatic nitrogens is 2. The molecule has 0 atom stereocenters. The molecule has 0 fully saturated rings. The molecule has 0 saturated heterocycles. The average molecular weight is 857 g/mol. The second-order valence-corrected chi connectivity index (χ2v) is 13.0. The highest BCUT2D eigenvalue weighted by atomic mass is 16.3. The molecule has 8 rings (SSSR count). The molecule has 8 nitrogen and oxygen atoms in total. The Morgan fingerprint density at radius 3 is 0.952 bits per heavy atom. The molecular formula is C55H76N4O4. The van der Waals surface area contributed by atoms with Crippen LogP contribution in [0.3, 0.4) is 0 Å². The lowest BCUT2D eigenvalue weighted by atomic mass is 9.99. The summed E-state index contributed by atoms with van der Waals surface area (Å²) in [6.07, 6.45) is 4.70. The third kappa shape index (κ3) is 15.5. The van der Waals surface area contributed by atoms with Crippen molar-refractivity contribution in [1.29, 1.82) is 0 Å². The molecule has 4 heterocycles. The minimum Gasteiger partial charge on any atom is -0.494 e. The van der Waals surface area contributed by atoms with Crippen LogP contribution in [0.25, 0.3) is 22.5 Å². The first-order chi connectivity index (χ1) is 30.7. The topological polar surface area (TPSA) is 131 Å². The Morgan fingerprint density at radius 1 is 0.397 bits per heavy atom. The maximum Gasteiger partial charge on any atom is 0.280 e. The molecule has 6 aromatic rings. The van der Waals surface area contributed by atoms with Crippen LogP contribution in [0.5, 0.6) is 11.8 Å². The molecule has 8 heteroatoms. The van der Waals surface area contributed by atoms with E-state index >= 15 is 0 Å². The van der Waals surface area contributed by atoms with Gasteiger partial charge in [-0.15, -0.1) is 0 Å². The number of nitrogens with zero attached hydrogens (tertiary/aromatic N) is 2. The Labute approximate surface area is 379 Å². The fraction of sp³-hybridized carbons (Fsp3) is 0.345. The van der Waals surface area contributed by atoms with Gasteiger partial charge in [0.2, 0.25) is 0 Å². The molecule has 4 aromatic carbocycles. The van der Waals surface area contributed by atoms with Gasteiger partial charge in [0.05, 0.1) is 45.1 Å². The summed E-state index contributed by atoms with van der Waals surface area (Å²) in [6, 6.07) is 36.2. The number of amides is 2. The number of hydrogen-bond acceptors (Lipinski definition) is 4. The van der Waals surface area contributed by atoms with Gasteiger partial charge in [0.25, 0.3) is 11.8 Å². The molecule has 340 valence electrons. The van der Waals surface area contributed by atoms with E-state index in [1.54, 1.807) is 0 Å².